The van der Waals surface area contributed by atoms with E-state index in [1.54, 1.807) is 17.5 Å². The first-order chi connectivity index (χ1) is 8.43. The summed E-state index contributed by atoms with van der Waals surface area (Å²) in [5, 5.41) is 4.45. The van der Waals surface area contributed by atoms with Crippen molar-refractivity contribution in [3.8, 4) is 10.6 Å². The van der Waals surface area contributed by atoms with Crippen molar-refractivity contribution in [3.63, 3.8) is 0 Å². The molecule has 0 amide bonds. The molecular weight excluding hydrogens is 230 g/mol. The third-order valence-electron chi connectivity index (χ3n) is 2.51. The number of thiazole rings is 1. The zero-order valence-electron chi connectivity index (χ0n) is 10.2. The molecule has 0 radical (unpaired) electrons. The van der Waals surface area contributed by atoms with Crippen molar-refractivity contribution >= 4 is 11.3 Å². The van der Waals surface area contributed by atoms with Gasteiger partial charge in [-0.2, -0.15) is 0 Å². The molecule has 1 aliphatic heterocycles. The van der Waals surface area contributed by atoms with E-state index in [1.165, 1.54) is 10.6 Å². The summed E-state index contributed by atoms with van der Waals surface area (Å²) in [6.45, 7) is 6.01. The molecular formula is C13H17N3S. The lowest BCUT2D eigenvalue weighted by Crippen LogP contribution is -2.22. The highest BCUT2D eigenvalue weighted by Gasteiger charge is 2.15. The molecule has 2 aromatic rings. The SMILES string of the molecule is CC.c1cncc(-c2nc3c(s2)CNCC3)c1. The van der Waals surface area contributed by atoms with Crippen LogP contribution in [-0.4, -0.2) is 16.5 Å². The summed E-state index contributed by atoms with van der Waals surface area (Å²) >= 11 is 1.77. The molecule has 0 unspecified atom stereocenters. The summed E-state index contributed by atoms with van der Waals surface area (Å²) in [6, 6.07) is 4.01. The zero-order chi connectivity index (χ0) is 12.1. The highest BCUT2D eigenvalue weighted by Crippen LogP contribution is 2.28. The molecule has 1 aliphatic rings. The first-order valence-electron chi connectivity index (χ1n) is 6.03. The van der Waals surface area contributed by atoms with Gasteiger partial charge in [0.2, 0.25) is 0 Å². The lowest BCUT2D eigenvalue weighted by molar-refractivity contribution is 0.644. The van der Waals surface area contributed by atoms with Gasteiger partial charge in [-0.3, -0.25) is 4.98 Å². The van der Waals surface area contributed by atoms with Gasteiger partial charge in [0, 0.05) is 42.3 Å². The Morgan fingerprint density at radius 2 is 2.24 bits per heavy atom. The minimum atomic E-state index is 0.966. The third-order valence-corrected chi connectivity index (χ3v) is 3.66. The summed E-state index contributed by atoms with van der Waals surface area (Å²) in [7, 11) is 0. The van der Waals surface area contributed by atoms with E-state index in [9.17, 15) is 0 Å². The van der Waals surface area contributed by atoms with E-state index >= 15 is 0 Å². The second-order valence-corrected chi connectivity index (χ2v) is 4.64. The Hall–Kier alpha value is -1.26. The Morgan fingerprint density at radius 1 is 1.35 bits per heavy atom. The van der Waals surface area contributed by atoms with E-state index in [2.05, 4.69) is 21.4 Å². The van der Waals surface area contributed by atoms with E-state index in [0.29, 0.717) is 0 Å². The summed E-state index contributed by atoms with van der Waals surface area (Å²) < 4.78 is 0. The second-order valence-electron chi connectivity index (χ2n) is 3.56. The van der Waals surface area contributed by atoms with Crippen molar-refractivity contribution < 1.29 is 0 Å². The van der Waals surface area contributed by atoms with Crippen LogP contribution in [0.4, 0.5) is 0 Å². The molecule has 0 spiro atoms. The fourth-order valence-corrected chi connectivity index (χ4v) is 2.81. The topological polar surface area (TPSA) is 37.8 Å². The van der Waals surface area contributed by atoms with Crippen LogP contribution in [-0.2, 0) is 13.0 Å². The van der Waals surface area contributed by atoms with Crippen LogP contribution < -0.4 is 5.32 Å². The van der Waals surface area contributed by atoms with Crippen LogP contribution in [0.3, 0.4) is 0 Å². The summed E-state index contributed by atoms with van der Waals surface area (Å²) in [6.07, 6.45) is 4.71. The highest BCUT2D eigenvalue weighted by atomic mass is 32.1. The van der Waals surface area contributed by atoms with Gasteiger partial charge in [-0.05, 0) is 12.1 Å². The highest BCUT2D eigenvalue weighted by molar-refractivity contribution is 7.15. The van der Waals surface area contributed by atoms with E-state index in [1.807, 2.05) is 26.1 Å². The summed E-state index contributed by atoms with van der Waals surface area (Å²) in [5.74, 6) is 0. The van der Waals surface area contributed by atoms with Crippen molar-refractivity contribution in [3.05, 3.63) is 35.1 Å². The molecule has 2 aromatic heterocycles. The number of fused-ring (bicyclic) bond motifs is 1. The first kappa shape index (κ1) is 12.2. The first-order valence-corrected chi connectivity index (χ1v) is 6.85. The van der Waals surface area contributed by atoms with Gasteiger partial charge in [-0.15, -0.1) is 11.3 Å². The monoisotopic (exact) mass is 247 g/mol. The van der Waals surface area contributed by atoms with Gasteiger partial charge in [0.25, 0.3) is 0 Å². The van der Waals surface area contributed by atoms with Gasteiger partial charge >= 0.3 is 0 Å². The average Bonchev–Trinajstić information content (AvgIpc) is 2.86. The fraction of sp³-hybridized carbons (Fsp3) is 0.385. The quantitative estimate of drug-likeness (QED) is 0.842. The summed E-state index contributed by atoms with van der Waals surface area (Å²) in [5.41, 5.74) is 2.38. The summed E-state index contributed by atoms with van der Waals surface area (Å²) in [4.78, 5) is 10.2. The third kappa shape index (κ3) is 2.70. The van der Waals surface area contributed by atoms with Crippen LogP contribution in [0, 0.1) is 0 Å². The number of nitrogens with zero attached hydrogens (tertiary/aromatic N) is 2. The number of nitrogens with one attached hydrogen (secondary N) is 1. The predicted octanol–water partition coefficient (Wildman–Crippen LogP) is 2.88. The molecule has 1 N–H and O–H groups in total. The molecule has 0 aliphatic carbocycles. The van der Waals surface area contributed by atoms with Gasteiger partial charge < -0.3 is 5.32 Å². The minimum absolute atomic E-state index is 0.966. The number of pyridine rings is 1. The molecule has 0 fully saturated rings. The van der Waals surface area contributed by atoms with E-state index < -0.39 is 0 Å². The maximum atomic E-state index is 4.66. The molecule has 0 saturated carbocycles. The smallest absolute Gasteiger partial charge is 0.125 e. The lowest BCUT2D eigenvalue weighted by Gasteiger charge is -2.09. The molecule has 3 nitrogen and oxygen atoms in total. The zero-order valence-corrected chi connectivity index (χ0v) is 11.0. The standard InChI is InChI=1S/C11H11N3S.C2H6/c1-2-8(6-12-4-1)11-14-9-3-5-13-7-10(9)15-11;1-2/h1-2,4,6,13H,3,5,7H2;1-2H3. The molecule has 0 aromatic carbocycles. The number of hydrogen-bond donors (Lipinski definition) is 1. The Labute approximate surface area is 106 Å². The van der Waals surface area contributed by atoms with Crippen molar-refractivity contribution in [1.82, 2.24) is 15.3 Å². The Bertz CT molecular complexity index is 441. The molecule has 3 heterocycles. The number of hydrogen-bond acceptors (Lipinski definition) is 4. The Balaban J connectivity index is 0.000000514. The van der Waals surface area contributed by atoms with E-state index in [0.717, 1.165) is 30.1 Å². The maximum Gasteiger partial charge on any atom is 0.125 e. The van der Waals surface area contributed by atoms with Crippen LogP contribution in [0.1, 0.15) is 24.4 Å². The van der Waals surface area contributed by atoms with E-state index in [4.69, 9.17) is 0 Å². The minimum Gasteiger partial charge on any atom is -0.311 e. The molecule has 4 heteroatoms. The van der Waals surface area contributed by atoms with Gasteiger partial charge in [0.1, 0.15) is 5.01 Å². The van der Waals surface area contributed by atoms with Crippen molar-refractivity contribution in [2.75, 3.05) is 6.54 Å². The molecule has 3 rings (SSSR count). The Kier molecular flexibility index (Phi) is 4.23. The molecule has 17 heavy (non-hydrogen) atoms. The molecule has 0 saturated heterocycles. The molecule has 0 bridgehead atoms. The van der Waals surface area contributed by atoms with Crippen LogP contribution in [0.2, 0.25) is 0 Å². The predicted molar refractivity (Wildman–Crippen MR) is 72.1 cm³/mol. The molecule has 0 atom stereocenters. The van der Waals surface area contributed by atoms with Crippen LogP contribution in [0.25, 0.3) is 10.6 Å². The van der Waals surface area contributed by atoms with Crippen molar-refractivity contribution in [2.24, 2.45) is 0 Å². The largest absolute Gasteiger partial charge is 0.311 e. The van der Waals surface area contributed by atoms with Crippen LogP contribution in [0.15, 0.2) is 24.5 Å². The van der Waals surface area contributed by atoms with Crippen LogP contribution in [0.5, 0.6) is 0 Å². The van der Waals surface area contributed by atoms with Gasteiger partial charge in [0.05, 0.1) is 5.69 Å². The molecule has 90 valence electrons. The number of aromatic nitrogens is 2. The van der Waals surface area contributed by atoms with Crippen molar-refractivity contribution in [2.45, 2.75) is 26.8 Å². The number of rotatable bonds is 1. The fourth-order valence-electron chi connectivity index (χ4n) is 1.74. The second kappa shape index (κ2) is 5.89. The van der Waals surface area contributed by atoms with Gasteiger partial charge in [0.15, 0.2) is 0 Å². The van der Waals surface area contributed by atoms with E-state index in [-0.39, 0.29) is 0 Å². The van der Waals surface area contributed by atoms with Gasteiger partial charge in [-0.25, -0.2) is 4.98 Å². The Morgan fingerprint density at radius 3 is 2.94 bits per heavy atom. The van der Waals surface area contributed by atoms with Crippen molar-refractivity contribution in [1.29, 1.82) is 0 Å². The van der Waals surface area contributed by atoms with Crippen LogP contribution >= 0.6 is 11.3 Å². The van der Waals surface area contributed by atoms with Gasteiger partial charge in [-0.1, -0.05) is 13.8 Å². The average molecular weight is 247 g/mol. The lowest BCUT2D eigenvalue weighted by atomic mass is 10.2. The maximum absolute atomic E-state index is 4.66. The normalized spacial score (nSPS) is 13.5.